The molecule has 0 aromatic heterocycles. The Morgan fingerprint density at radius 2 is 2.06 bits per heavy atom. The minimum absolute atomic E-state index is 0.168. The standard InChI is InChI=1S/C13H21NO3/c1-10(15)9-11-5-7-14(8-6-11)12(16)17-13(2,3)4/h5H,6-9H2,1-4H3. The lowest BCUT2D eigenvalue weighted by molar-refractivity contribution is -0.116. The zero-order chi connectivity index (χ0) is 13.1. The number of ether oxygens (including phenoxy) is 1. The van der Waals surface area contributed by atoms with E-state index in [-0.39, 0.29) is 11.9 Å². The number of rotatable bonds is 2. The van der Waals surface area contributed by atoms with Gasteiger partial charge in [-0.1, -0.05) is 11.6 Å². The smallest absolute Gasteiger partial charge is 0.410 e. The van der Waals surface area contributed by atoms with Crippen molar-refractivity contribution in [3.8, 4) is 0 Å². The van der Waals surface area contributed by atoms with E-state index in [1.54, 1.807) is 11.8 Å². The lowest BCUT2D eigenvalue weighted by Gasteiger charge is -2.29. The van der Waals surface area contributed by atoms with Gasteiger partial charge in [-0.2, -0.15) is 0 Å². The van der Waals surface area contributed by atoms with Gasteiger partial charge in [0.25, 0.3) is 0 Å². The van der Waals surface area contributed by atoms with Gasteiger partial charge < -0.3 is 9.64 Å². The molecule has 0 aliphatic carbocycles. The van der Waals surface area contributed by atoms with Crippen molar-refractivity contribution < 1.29 is 14.3 Å². The van der Waals surface area contributed by atoms with Crippen LogP contribution in [0.1, 0.15) is 40.5 Å². The summed E-state index contributed by atoms with van der Waals surface area (Å²) in [6.07, 6.45) is 2.94. The monoisotopic (exact) mass is 239 g/mol. The Morgan fingerprint density at radius 1 is 1.41 bits per heavy atom. The van der Waals surface area contributed by atoms with E-state index in [1.807, 2.05) is 26.8 Å². The molecule has 96 valence electrons. The second-order valence-electron chi connectivity index (χ2n) is 5.42. The molecule has 0 radical (unpaired) electrons. The first-order valence-corrected chi connectivity index (χ1v) is 5.93. The summed E-state index contributed by atoms with van der Waals surface area (Å²) in [4.78, 5) is 24.4. The maximum atomic E-state index is 11.8. The van der Waals surface area contributed by atoms with Crippen molar-refractivity contribution in [2.45, 2.75) is 46.1 Å². The number of carbonyl (C=O) groups is 2. The highest BCUT2D eigenvalue weighted by Gasteiger charge is 2.23. The summed E-state index contributed by atoms with van der Waals surface area (Å²) >= 11 is 0. The fourth-order valence-corrected chi connectivity index (χ4v) is 1.68. The maximum absolute atomic E-state index is 11.8. The first kappa shape index (κ1) is 13.7. The molecule has 0 saturated carbocycles. The summed E-state index contributed by atoms with van der Waals surface area (Å²) in [5.41, 5.74) is 0.665. The molecule has 0 aromatic rings. The zero-order valence-electron chi connectivity index (χ0n) is 11.1. The fraction of sp³-hybridized carbons (Fsp3) is 0.692. The molecule has 1 aliphatic heterocycles. The van der Waals surface area contributed by atoms with Gasteiger partial charge in [0.1, 0.15) is 11.4 Å². The first-order valence-electron chi connectivity index (χ1n) is 5.93. The Morgan fingerprint density at radius 3 is 2.47 bits per heavy atom. The molecule has 1 rings (SSSR count). The van der Waals surface area contributed by atoms with Crippen LogP contribution in [-0.2, 0) is 9.53 Å². The van der Waals surface area contributed by atoms with Gasteiger partial charge in [0.15, 0.2) is 0 Å². The minimum Gasteiger partial charge on any atom is -0.444 e. The molecule has 4 nitrogen and oxygen atoms in total. The molecule has 0 saturated heterocycles. The van der Waals surface area contributed by atoms with E-state index in [2.05, 4.69) is 0 Å². The van der Waals surface area contributed by atoms with E-state index in [4.69, 9.17) is 4.74 Å². The van der Waals surface area contributed by atoms with Crippen LogP contribution in [0.5, 0.6) is 0 Å². The molecule has 0 unspecified atom stereocenters. The molecule has 1 heterocycles. The van der Waals surface area contributed by atoms with Gasteiger partial charge in [-0.05, 0) is 34.1 Å². The van der Waals surface area contributed by atoms with Gasteiger partial charge in [0, 0.05) is 19.5 Å². The van der Waals surface area contributed by atoms with Crippen molar-refractivity contribution in [3.05, 3.63) is 11.6 Å². The molecule has 1 aliphatic rings. The predicted octanol–water partition coefficient (Wildman–Crippen LogP) is 2.53. The van der Waals surface area contributed by atoms with E-state index >= 15 is 0 Å². The SMILES string of the molecule is CC(=O)CC1=CCN(C(=O)OC(C)(C)C)CC1. The normalized spacial score (nSPS) is 16.5. The van der Waals surface area contributed by atoms with Crippen LogP contribution in [0.2, 0.25) is 0 Å². The molecule has 0 N–H and O–H groups in total. The van der Waals surface area contributed by atoms with E-state index in [0.717, 1.165) is 12.0 Å². The van der Waals surface area contributed by atoms with Crippen LogP contribution in [0.3, 0.4) is 0 Å². The van der Waals surface area contributed by atoms with Crippen LogP contribution in [0, 0.1) is 0 Å². The van der Waals surface area contributed by atoms with Gasteiger partial charge in [-0.25, -0.2) is 4.79 Å². The number of carbonyl (C=O) groups excluding carboxylic acids is 2. The number of ketones is 1. The third kappa shape index (κ3) is 5.02. The Bertz CT molecular complexity index is 339. The highest BCUT2D eigenvalue weighted by atomic mass is 16.6. The highest BCUT2D eigenvalue weighted by Crippen LogP contribution is 2.17. The number of amides is 1. The zero-order valence-corrected chi connectivity index (χ0v) is 11.1. The molecule has 0 aromatic carbocycles. The summed E-state index contributed by atoms with van der Waals surface area (Å²) in [7, 11) is 0. The second kappa shape index (κ2) is 5.34. The largest absolute Gasteiger partial charge is 0.444 e. The Hall–Kier alpha value is -1.32. The lowest BCUT2D eigenvalue weighted by Crippen LogP contribution is -2.39. The molecular formula is C13H21NO3. The second-order valence-corrected chi connectivity index (χ2v) is 5.42. The average molecular weight is 239 g/mol. The molecule has 4 heteroatoms. The summed E-state index contributed by atoms with van der Waals surface area (Å²) in [5.74, 6) is 0.168. The van der Waals surface area contributed by atoms with Crippen LogP contribution >= 0.6 is 0 Å². The van der Waals surface area contributed by atoms with Crippen molar-refractivity contribution in [1.82, 2.24) is 4.90 Å². The summed E-state index contributed by atoms with van der Waals surface area (Å²) in [6, 6.07) is 0. The third-order valence-electron chi connectivity index (χ3n) is 2.43. The van der Waals surface area contributed by atoms with Crippen LogP contribution in [0.25, 0.3) is 0 Å². The maximum Gasteiger partial charge on any atom is 0.410 e. The quantitative estimate of drug-likeness (QED) is 0.696. The molecule has 0 spiro atoms. The molecule has 17 heavy (non-hydrogen) atoms. The summed E-state index contributed by atoms with van der Waals surface area (Å²) in [5, 5.41) is 0. The van der Waals surface area contributed by atoms with Crippen LogP contribution in [0.4, 0.5) is 4.79 Å². The van der Waals surface area contributed by atoms with Crippen LogP contribution in [0.15, 0.2) is 11.6 Å². The number of hydrogen-bond donors (Lipinski definition) is 0. The third-order valence-corrected chi connectivity index (χ3v) is 2.43. The van der Waals surface area contributed by atoms with E-state index < -0.39 is 5.60 Å². The van der Waals surface area contributed by atoms with Crippen molar-refractivity contribution in [2.75, 3.05) is 13.1 Å². The van der Waals surface area contributed by atoms with Gasteiger partial charge in [-0.15, -0.1) is 0 Å². The van der Waals surface area contributed by atoms with Crippen LogP contribution < -0.4 is 0 Å². The minimum atomic E-state index is -0.458. The molecular weight excluding hydrogens is 218 g/mol. The molecule has 0 bridgehead atoms. The van der Waals surface area contributed by atoms with Crippen molar-refractivity contribution in [3.63, 3.8) is 0 Å². The Balaban J connectivity index is 2.48. The first-order chi connectivity index (χ1) is 7.78. The van der Waals surface area contributed by atoms with Gasteiger partial charge in [0.05, 0.1) is 0 Å². The van der Waals surface area contributed by atoms with Gasteiger partial charge >= 0.3 is 6.09 Å². The van der Waals surface area contributed by atoms with E-state index in [9.17, 15) is 9.59 Å². The van der Waals surface area contributed by atoms with Crippen molar-refractivity contribution in [2.24, 2.45) is 0 Å². The van der Waals surface area contributed by atoms with Crippen molar-refractivity contribution in [1.29, 1.82) is 0 Å². The Labute approximate surface area is 103 Å². The van der Waals surface area contributed by atoms with E-state index in [0.29, 0.717) is 19.5 Å². The molecule has 1 amide bonds. The molecule has 0 atom stereocenters. The number of nitrogens with zero attached hydrogens (tertiary/aromatic N) is 1. The molecule has 0 fully saturated rings. The fourth-order valence-electron chi connectivity index (χ4n) is 1.68. The Kier molecular flexibility index (Phi) is 4.32. The van der Waals surface area contributed by atoms with Gasteiger partial charge in [0.2, 0.25) is 0 Å². The van der Waals surface area contributed by atoms with E-state index in [1.165, 1.54) is 0 Å². The van der Waals surface area contributed by atoms with Crippen molar-refractivity contribution >= 4 is 11.9 Å². The summed E-state index contributed by atoms with van der Waals surface area (Å²) < 4.78 is 5.28. The number of hydrogen-bond acceptors (Lipinski definition) is 3. The summed E-state index contributed by atoms with van der Waals surface area (Å²) in [6.45, 7) is 8.32. The highest BCUT2D eigenvalue weighted by molar-refractivity contribution is 5.78. The topological polar surface area (TPSA) is 46.6 Å². The number of Topliss-reactive ketones (excluding diaryl/α,β-unsaturated/α-hetero) is 1. The lowest BCUT2D eigenvalue weighted by atomic mass is 10.0. The average Bonchev–Trinajstić information content (AvgIpc) is 2.15. The van der Waals surface area contributed by atoms with Gasteiger partial charge in [-0.3, -0.25) is 4.79 Å². The predicted molar refractivity (Wildman–Crippen MR) is 65.8 cm³/mol. The van der Waals surface area contributed by atoms with Crippen LogP contribution in [-0.4, -0.2) is 35.5 Å².